The van der Waals surface area contributed by atoms with Crippen LogP contribution in [0.2, 0.25) is 0 Å². The van der Waals surface area contributed by atoms with Gasteiger partial charge in [0.2, 0.25) is 0 Å². The van der Waals surface area contributed by atoms with E-state index in [1.54, 1.807) is 0 Å². The molecule has 4 atom stereocenters. The molecule has 3 rings (SSSR count). The molecule has 0 aromatic heterocycles. The number of fused-ring (bicyclic) bond motifs is 2. The van der Waals surface area contributed by atoms with Crippen molar-refractivity contribution in [2.75, 3.05) is 12.3 Å². The van der Waals surface area contributed by atoms with Crippen molar-refractivity contribution in [1.82, 2.24) is 5.32 Å². The summed E-state index contributed by atoms with van der Waals surface area (Å²) in [6.07, 6.45) is 0.641. The third-order valence-corrected chi connectivity index (χ3v) is 5.26. The van der Waals surface area contributed by atoms with Gasteiger partial charge >= 0.3 is 18.0 Å². The number of hydrogen-bond donors (Lipinski definition) is 4. The molecule has 9 nitrogen and oxygen atoms in total. The summed E-state index contributed by atoms with van der Waals surface area (Å²) in [6.45, 7) is 0.391. The summed E-state index contributed by atoms with van der Waals surface area (Å²) in [6, 6.07) is 7.49. The van der Waals surface area contributed by atoms with Crippen molar-refractivity contribution in [3.8, 4) is 0 Å². The Balaban J connectivity index is 1.51. The molecule has 5 N–H and O–H groups in total. The Kier molecular flexibility index (Phi) is 6.07. The van der Waals surface area contributed by atoms with Crippen LogP contribution in [0, 0.1) is 5.41 Å². The Morgan fingerprint density at radius 2 is 1.93 bits per heavy atom. The van der Waals surface area contributed by atoms with Crippen LogP contribution in [0.4, 0.5) is 10.5 Å². The van der Waals surface area contributed by atoms with Gasteiger partial charge in [0.05, 0.1) is 5.41 Å². The van der Waals surface area contributed by atoms with E-state index in [-0.39, 0.29) is 12.8 Å². The number of carbonyl (C=O) groups excluding carboxylic acids is 1. The van der Waals surface area contributed by atoms with E-state index in [1.165, 1.54) is 12.2 Å². The predicted octanol–water partition coefficient (Wildman–Crippen LogP) is 1.57. The SMILES string of the molecule is Nc1ccc(CCCNC(=O)OC2C=CC3(C(=O)O)CC(C(=O)O)OC2C3)cc1. The van der Waals surface area contributed by atoms with Gasteiger partial charge in [0.15, 0.2) is 6.10 Å². The van der Waals surface area contributed by atoms with E-state index < -0.39 is 41.8 Å². The number of carboxylic acid groups (broad SMARTS) is 2. The fourth-order valence-corrected chi connectivity index (χ4v) is 3.65. The van der Waals surface area contributed by atoms with E-state index in [0.29, 0.717) is 18.7 Å². The van der Waals surface area contributed by atoms with E-state index >= 15 is 0 Å². The zero-order valence-corrected chi connectivity index (χ0v) is 15.7. The fourth-order valence-electron chi connectivity index (χ4n) is 3.65. The standard InChI is InChI=1S/C20H24N2O7/c21-13-5-3-12(4-6-13)2-1-9-22-19(27)29-14-7-8-20(18(25)26)10-15(14)28-16(11-20)17(23)24/h3-8,14-16H,1-2,9-11,21H2,(H,22,27)(H,23,24)(H,25,26). The Bertz CT molecular complexity index is 808. The van der Waals surface area contributed by atoms with Crippen LogP contribution in [0.1, 0.15) is 24.8 Å². The molecule has 1 aromatic carbocycles. The van der Waals surface area contributed by atoms with Crippen molar-refractivity contribution in [1.29, 1.82) is 0 Å². The van der Waals surface area contributed by atoms with E-state index in [2.05, 4.69) is 5.32 Å². The lowest BCUT2D eigenvalue weighted by atomic mass is 9.71. The van der Waals surface area contributed by atoms with Crippen LogP contribution >= 0.6 is 0 Å². The molecule has 1 amide bonds. The van der Waals surface area contributed by atoms with E-state index in [0.717, 1.165) is 12.0 Å². The van der Waals surface area contributed by atoms with E-state index in [1.807, 2.05) is 24.3 Å². The van der Waals surface area contributed by atoms with Crippen LogP contribution in [0.25, 0.3) is 0 Å². The number of hydrogen-bond acceptors (Lipinski definition) is 6. The molecule has 2 bridgehead atoms. The maximum absolute atomic E-state index is 12.1. The lowest BCUT2D eigenvalue weighted by molar-refractivity contribution is -0.183. The molecule has 1 aliphatic carbocycles. The van der Waals surface area contributed by atoms with Crippen molar-refractivity contribution in [2.45, 2.75) is 44.0 Å². The average molecular weight is 404 g/mol. The zero-order valence-electron chi connectivity index (χ0n) is 15.7. The van der Waals surface area contributed by atoms with Gasteiger partial charge in [0, 0.05) is 18.7 Å². The second kappa shape index (κ2) is 8.52. The third kappa shape index (κ3) is 4.86. The van der Waals surface area contributed by atoms with Crippen molar-refractivity contribution in [2.24, 2.45) is 5.41 Å². The second-order valence-electron chi connectivity index (χ2n) is 7.37. The molecular weight excluding hydrogens is 380 g/mol. The molecule has 0 spiro atoms. The average Bonchev–Trinajstić information content (AvgIpc) is 2.68. The van der Waals surface area contributed by atoms with Crippen molar-refractivity contribution in [3.05, 3.63) is 42.0 Å². The van der Waals surface area contributed by atoms with Gasteiger partial charge in [-0.3, -0.25) is 4.79 Å². The number of nitrogens with two attached hydrogens (primary N) is 1. The third-order valence-electron chi connectivity index (χ3n) is 5.26. The van der Waals surface area contributed by atoms with Crippen molar-refractivity contribution in [3.63, 3.8) is 0 Å². The fraction of sp³-hybridized carbons (Fsp3) is 0.450. The minimum atomic E-state index is -1.32. The number of rotatable bonds is 7. The van der Waals surface area contributed by atoms with Crippen LogP contribution < -0.4 is 11.1 Å². The molecule has 29 heavy (non-hydrogen) atoms. The van der Waals surface area contributed by atoms with Gasteiger partial charge in [0.25, 0.3) is 0 Å². The number of aliphatic carboxylic acids is 2. The minimum absolute atomic E-state index is 0.0533. The quantitative estimate of drug-likeness (QED) is 0.304. The lowest BCUT2D eigenvalue weighted by Gasteiger charge is -2.43. The highest BCUT2D eigenvalue weighted by Crippen LogP contribution is 2.43. The minimum Gasteiger partial charge on any atom is -0.481 e. The smallest absolute Gasteiger partial charge is 0.407 e. The highest BCUT2D eigenvalue weighted by Gasteiger charge is 2.52. The molecule has 1 aromatic rings. The number of carboxylic acids is 2. The highest BCUT2D eigenvalue weighted by atomic mass is 16.6. The largest absolute Gasteiger partial charge is 0.481 e. The van der Waals surface area contributed by atoms with Crippen LogP contribution in [-0.4, -0.2) is 53.1 Å². The molecule has 156 valence electrons. The summed E-state index contributed by atoms with van der Waals surface area (Å²) < 4.78 is 10.8. The van der Waals surface area contributed by atoms with Gasteiger partial charge in [-0.15, -0.1) is 0 Å². The summed E-state index contributed by atoms with van der Waals surface area (Å²) in [5.41, 5.74) is 6.12. The monoisotopic (exact) mass is 404 g/mol. The first-order chi connectivity index (χ1) is 13.8. The molecular formula is C20H24N2O7. The number of benzene rings is 1. The van der Waals surface area contributed by atoms with Crippen LogP contribution in [0.3, 0.4) is 0 Å². The van der Waals surface area contributed by atoms with Crippen molar-refractivity contribution < 1.29 is 34.1 Å². The summed E-state index contributed by atoms with van der Waals surface area (Å²) in [7, 11) is 0. The predicted molar refractivity (Wildman–Crippen MR) is 102 cm³/mol. The number of anilines is 1. The Morgan fingerprint density at radius 1 is 1.21 bits per heavy atom. The molecule has 0 radical (unpaired) electrons. The molecule has 4 unspecified atom stereocenters. The van der Waals surface area contributed by atoms with Gasteiger partial charge < -0.3 is 30.7 Å². The maximum Gasteiger partial charge on any atom is 0.407 e. The number of ether oxygens (including phenoxy) is 2. The summed E-state index contributed by atoms with van der Waals surface area (Å²) in [5.74, 6) is -2.35. The summed E-state index contributed by atoms with van der Waals surface area (Å²) in [4.78, 5) is 35.1. The van der Waals surface area contributed by atoms with Crippen LogP contribution in [0.5, 0.6) is 0 Å². The number of nitrogens with one attached hydrogen (secondary N) is 1. The van der Waals surface area contributed by atoms with Crippen molar-refractivity contribution >= 4 is 23.7 Å². The topological polar surface area (TPSA) is 148 Å². The molecule has 1 saturated heterocycles. The number of carbonyl (C=O) groups is 3. The van der Waals surface area contributed by atoms with Gasteiger partial charge in [-0.05, 0) is 43.0 Å². The molecule has 0 saturated carbocycles. The van der Waals surface area contributed by atoms with Crippen LogP contribution in [0.15, 0.2) is 36.4 Å². The molecule has 1 aliphatic heterocycles. The maximum atomic E-state index is 12.1. The molecule has 9 heteroatoms. The number of alkyl carbamates (subject to hydrolysis) is 1. The first kappa shape index (κ1) is 20.7. The number of nitrogen functional groups attached to an aromatic ring is 1. The van der Waals surface area contributed by atoms with Gasteiger partial charge in [0.1, 0.15) is 12.2 Å². The number of amides is 1. The first-order valence-corrected chi connectivity index (χ1v) is 9.39. The zero-order chi connectivity index (χ0) is 21.0. The van der Waals surface area contributed by atoms with Gasteiger partial charge in [-0.25, -0.2) is 9.59 Å². The molecule has 2 aliphatic rings. The van der Waals surface area contributed by atoms with Crippen LogP contribution in [-0.2, 0) is 25.5 Å². The second-order valence-corrected chi connectivity index (χ2v) is 7.37. The summed E-state index contributed by atoms with van der Waals surface area (Å²) in [5, 5.41) is 21.4. The normalized spacial score (nSPS) is 27.8. The first-order valence-electron chi connectivity index (χ1n) is 9.39. The van der Waals surface area contributed by atoms with E-state index in [9.17, 15) is 24.6 Å². The van der Waals surface area contributed by atoms with E-state index in [4.69, 9.17) is 15.2 Å². The highest BCUT2D eigenvalue weighted by molar-refractivity contribution is 5.81. The molecule has 1 fully saturated rings. The summed E-state index contributed by atoms with van der Waals surface area (Å²) >= 11 is 0. The lowest BCUT2D eigenvalue weighted by Crippen LogP contribution is -2.53. The van der Waals surface area contributed by atoms with Gasteiger partial charge in [-0.2, -0.15) is 0 Å². The Morgan fingerprint density at radius 3 is 2.59 bits per heavy atom. The number of aryl methyl sites for hydroxylation is 1. The Hall–Kier alpha value is -3.07. The molecule has 1 heterocycles. The Labute approximate surface area is 167 Å². The van der Waals surface area contributed by atoms with Gasteiger partial charge in [-0.1, -0.05) is 18.2 Å².